The number of nitrogens with zero attached hydrogens (tertiary/aromatic N) is 4. The van der Waals surface area contributed by atoms with Gasteiger partial charge in [-0.05, 0) is 150 Å². The minimum absolute atomic E-state index is 0.233. The summed E-state index contributed by atoms with van der Waals surface area (Å²) in [5.41, 5.74) is 28.9. The molecule has 0 fully saturated rings. The van der Waals surface area contributed by atoms with Gasteiger partial charge in [0.15, 0.2) is 0 Å². The first-order chi connectivity index (χ1) is 50.2. The van der Waals surface area contributed by atoms with Crippen LogP contribution >= 0.6 is 0 Å². The highest BCUT2D eigenvalue weighted by atomic mass is 16.5. The fourth-order valence-electron chi connectivity index (χ4n) is 16.8. The Kier molecular flexibility index (Phi) is 14.1. The zero-order valence-corrected chi connectivity index (χ0v) is 56.8. The van der Waals surface area contributed by atoms with Crippen LogP contribution in [0, 0.1) is 11.3 Å². The van der Waals surface area contributed by atoms with Gasteiger partial charge in [-0.25, -0.2) is 0 Å². The number of fused-ring (bicyclic) bond motifs is 9. The van der Waals surface area contributed by atoms with Crippen LogP contribution in [0.5, 0.6) is 11.5 Å². The van der Waals surface area contributed by atoms with Crippen LogP contribution in [0.1, 0.15) is 54.2 Å². The second-order valence-electron chi connectivity index (χ2n) is 28.2. The summed E-state index contributed by atoms with van der Waals surface area (Å²) in [6, 6.07) is 132. The van der Waals surface area contributed by atoms with E-state index >= 15 is 0 Å². The maximum atomic E-state index is 10.6. The summed E-state index contributed by atoms with van der Waals surface area (Å²) in [7, 11) is 0. The second-order valence-corrected chi connectivity index (χ2v) is 28.2. The first kappa shape index (κ1) is 60.2. The van der Waals surface area contributed by atoms with Gasteiger partial charge in [-0.15, -0.1) is 0 Å². The molecule has 0 bridgehead atoms. The number of hydrogen-bond acceptors (Lipinski definition) is 4. The van der Waals surface area contributed by atoms with E-state index in [4.69, 9.17) is 4.74 Å². The van der Waals surface area contributed by atoms with Crippen LogP contribution in [0.25, 0.3) is 83.1 Å². The molecular weight excluding hydrogens is 1240 g/mol. The minimum atomic E-state index is -0.876. The van der Waals surface area contributed by atoms with Gasteiger partial charge >= 0.3 is 0 Å². The normalized spacial score (nSPS) is 13.1. The maximum Gasteiger partial charge on any atom is 0.252 e. The number of rotatable bonds is 10. The Hall–Kier alpha value is -12.9. The second kappa shape index (κ2) is 23.9. The van der Waals surface area contributed by atoms with Gasteiger partial charge in [-0.3, -0.25) is 0 Å². The van der Waals surface area contributed by atoms with Crippen molar-refractivity contribution in [1.82, 2.24) is 4.57 Å². The molecule has 0 atom stereocenters. The molecule has 0 radical (unpaired) electrons. The van der Waals surface area contributed by atoms with Gasteiger partial charge in [-0.1, -0.05) is 300 Å². The molecule has 5 nitrogen and oxygen atoms in total. The van der Waals surface area contributed by atoms with E-state index in [1.54, 1.807) is 0 Å². The van der Waals surface area contributed by atoms with Crippen molar-refractivity contribution >= 4 is 79.0 Å². The van der Waals surface area contributed by atoms with Gasteiger partial charge < -0.3 is 19.1 Å². The fourth-order valence-corrected chi connectivity index (χ4v) is 16.8. The van der Waals surface area contributed by atoms with Crippen LogP contribution in [0.4, 0.5) is 34.1 Å². The summed E-state index contributed by atoms with van der Waals surface area (Å²) in [5.74, 6) is 1.57. The lowest BCUT2D eigenvalue weighted by atomic mass is 9.33. The van der Waals surface area contributed by atoms with E-state index in [1.165, 1.54) is 16.5 Å². The van der Waals surface area contributed by atoms with E-state index < -0.39 is 5.41 Å². The third-order valence-electron chi connectivity index (χ3n) is 21.4. The average Bonchev–Trinajstić information content (AvgIpc) is 0.703. The summed E-state index contributed by atoms with van der Waals surface area (Å²) in [5, 5.41) is 12.6. The molecule has 3 aliphatic rings. The molecule has 16 aromatic rings. The fraction of sp³-hybridized carbons (Fsp3) is 0.0521. The van der Waals surface area contributed by atoms with E-state index in [9.17, 15) is 5.26 Å². The van der Waals surface area contributed by atoms with Crippen LogP contribution in [0.15, 0.2) is 352 Å². The molecule has 4 heterocycles. The summed E-state index contributed by atoms with van der Waals surface area (Å²) < 4.78 is 10.3. The minimum Gasteiger partial charge on any atom is -0.457 e. The van der Waals surface area contributed by atoms with Crippen molar-refractivity contribution < 1.29 is 4.74 Å². The van der Waals surface area contributed by atoms with E-state index in [0.717, 1.165) is 156 Å². The standard InChI is InChI=1S/C96H67BN4O/c1-95(2,3)74-48-51-87-83(57-74)97-84-60-82-92(102-91-56-69(64-28-11-4-12-29-64)47-49-81(91)96(82,72-38-21-9-22-39-72)73-40-23-10-24-41-73)61-88(84)100(75-54-70(65-30-13-5-14-31-65)53-71(55-75)66-32-15-6-16-33-66)89-58-76(99-85-45-26-25-42-79(85)80-52-63(62-98)46-50-86(80)99)59-90(93(89)97)101(87)94-77(67-34-17-7-18-35-67)43-27-44-78(94)68-36-19-8-20-37-68/h4-61H,1-3H3. The average molecular weight is 1300 g/mol. The number of aromatic nitrogens is 1. The van der Waals surface area contributed by atoms with Crippen molar-refractivity contribution in [2.45, 2.75) is 31.6 Å². The van der Waals surface area contributed by atoms with E-state index in [1.807, 2.05) is 6.07 Å². The van der Waals surface area contributed by atoms with Gasteiger partial charge in [0.05, 0.1) is 39.5 Å². The molecule has 0 aliphatic carbocycles. The first-order valence-corrected chi connectivity index (χ1v) is 35.2. The summed E-state index contributed by atoms with van der Waals surface area (Å²) >= 11 is 0. The summed E-state index contributed by atoms with van der Waals surface area (Å²) in [4.78, 5) is 5.21. The van der Waals surface area contributed by atoms with Gasteiger partial charge in [0, 0.05) is 67.5 Å². The monoisotopic (exact) mass is 1300 g/mol. The SMILES string of the molecule is CC(C)(C)c1ccc2c(c1)B1c3cc4c(cc3N(c3cc(-c5ccccc5)cc(-c5ccccc5)c3)c3cc(-n5c6ccccc6c6cc(C#N)ccc65)cc(c31)N2c1c(-c2ccccc2)cccc1-c1ccccc1)Oc1cc(-c2ccccc2)ccc1C4(c1ccccc1)c1ccccc1. The molecule has 0 spiro atoms. The van der Waals surface area contributed by atoms with E-state index in [-0.39, 0.29) is 12.1 Å². The number of ether oxygens (including phenoxy) is 1. The van der Waals surface area contributed by atoms with Crippen molar-refractivity contribution in [3.05, 3.63) is 385 Å². The lowest BCUT2D eigenvalue weighted by molar-refractivity contribution is 0.435. The number of anilines is 6. The molecule has 19 rings (SSSR count). The molecule has 3 aliphatic heterocycles. The third-order valence-corrected chi connectivity index (χ3v) is 21.4. The predicted molar refractivity (Wildman–Crippen MR) is 424 cm³/mol. The van der Waals surface area contributed by atoms with Crippen molar-refractivity contribution in [2.75, 3.05) is 9.80 Å². The Morgan fingerprint density at radius 3 is 1.44 bits per heavy atom. The summed E-state index contributed by atoms with van der Waals surface area (Å²) in [6.07, 6.45) is 0. The van der Waals surface area contributed by atoms with Crippen LogP contribution in [-0.2, 0) is 10.8 Å². The molecule has 0 N–H and O–H groups in total. The largest absolute Gasteiger partial charge is 0.457 e. The Balaban J connectivity index is 1.01. The molecule has 6 heteroatoms. The highest BCUT2D eigenvalue weighted by Crippen LogP contribution is 2.59. The molecule has 1 aromatic heterocycles. The molecule has 0 amide bonds. The van der Waals surface area contributed by atoms with Crippen molar-refractivity contribution in [3.8, 4) is 78.9 Å². The quantitative estimate of drug-likeness (QED) is 0.128. The first-order valence-electron chi connectivity index (χ1n) is 35.2. The van der Waals surface area contributed by atoms with Crippen molar-refractivity contribution in [1.29, 1.82) is 5.26 Å². The molecule has 480 valence electrons. The predicted octanol–water partition coefficient (Wildman–Crippen LogP) is 22.9. The summed E-state index contributed by atoms with van der Waals surface area (Å²) in [6.45, 7) is 6.67. The molecule has 0 saturated heterocycles. The van der Waals surface area contributed by atoms with Crippen LogP contribution in [0.2, 0.25) is 0 Å². The molecule has 0 saturated carbocycles. The van der Waals surface area contributed by atoms with Gasteiger partial charge in [0.25, 0.3) is 6.71 Å². The Bertz CT molecular complexity index is 5870. The van der Waals surface area contributed by atoms with Crippen LogP contribution in [0.3, 0.4) is 0 Å². The highest BCUT2D eigenvalue weighted by molar-refractivity contribution is 7.00. The molecule has 15 aromatic carbocycles. The van der Waals surface area contributed by atoms with Gasteiger partial charge in [0.1, 0.15) is 11.5 Å². The van der Waals surface area contributed by atoms with Crippen molar-refractivity contribution in [3.63, 3.8) is 0 Å². The Labute approximate surface area is 595 Å². The molecular formula is C96H67BN4O. The van der Waals surface area contributed by atoms with Gasteiger partial charge in [-0.2, -0.15) is 5.26 Å². The van der Waals surface area contributed by atoms with E-state index in [0.29, 0.717) is 5.56 Å². The number of nitriles is 1. The lowest BCUT2D eigenvalue weighted by Crippen LogP contribution is -2.62. The molecule has 0 unspecified atom stereocenters. The Morgan fingerprint density at radius 2 is 0.863 bits per heavy atom. The van der Waals surface area contributed by atoms with Crippen LogP contribution < -0.4 is 30.9 Å². The zero-order valence-electron chi connectivity index (χ0n) is 56.8. The number of para-hydroxylation sites is 2. The van der Waals surface area contributed by atoms with E-state index in [2.05, 4.69) is 387 Å². The Morgan fingerprint density at radius 1 is 0.353 bits per heavy atom. The number of benzene rings is 15. The smallest absolute Gasteiger partial charge is 0.252 e. The molecule has 102 heavy (non-hydrogen) atoms. The van der Waals surface area contributed by atoms with Crippen LogP contribution in [-0.4, -0.2) is 11.3 Å². The maximum absolute atomic E-state index is 10.6. The number of hydrogen-bond donors (Lipinski definition) is 0. The third kappa shape index (κ3) is 9.61. The topological polar surface area (TPSA) is 44.4 Å². The van der Waals surface area contributed by atoms with Crippen molar-refractivity contribution in [2.24, 2.45) is 0 Å². The van der Waals surface area contributed by atoms with Gasteiger partial charge in [0.2, 0.25) is 0 Å². The highest BCUT2D eigenvalue weighted by Gasteiger charge is 2.50. The zero-order chi connectivity index (χ0) is 68.2. The lowest BCUT2D eigenvalue weighted by Gasteiger charge is -2.47.